The second kappa shape index (κ2) is 6.48. The zero-order valence-electron chi connectivity index (χ0n) is 14.3. The highest BCUT2D eigenvalue weighted by Gasteiger charge is 2.41. The average Bonchev–Trinajstić information content (AvgIpc) is 3.05. The van der Waals surface area contributed by atoms with Gasteiger partial charge in [0.2, 0.25) is 11.8 Å². The van der Waals surface area contributed by atoms with Gasteiger partial charge in [-0.2, -0.15) is 0 Å². The van der Waals surface area contributed by atoms with Gasteiger partial charge in [-0.3, -0.25) is 9.59 Å². The number of halogens is 3. The lowest BCUT2D eigenvalue weighted by atomic mass is 9.90. The Balaban J connectivity index is 1.83. The number of fused-ring (bicyclic) bond motifs is 1. The van der Waals surface area contributed by atoms with Crippen LogP contribution in [-0.2, 0) is 16.0 Å². The van der Waals surface area contributed by atoms with Crippen LogP contribution in [0.1, 0.15) is 19.4 Å². The maximum absolute atomic E-state index is 13.8. The standard InChI is InChI=1S/C19H17F3N2O2/c1-19(2,17(25)23-13-8-7-12(20)15(21)16(13)22)18(26)24-10-9-11-5-3-4-6-14(11)24/h3-8H,9-10H2,1-2H3,(H,23,25). The van der Waals surface area contributed by atoms with Crippen molar-refractivity contribution in [3.8, 4) is 0 Å². The summed E-state index contributed by atoms with van der Waals surface area (Å²) in [7, 11) is 0. The van der Waals surface area contributed by atoms with E-state index in [2.05, 4.69) is 5.32 Å². The second-order valence-electron chi connectivity index (χ2n) is 6.64. The normalized spacial score (nSPS) is 13.5. The zero-order chi connectivity index (χ0) is 19.1. The number of para-hydroxylation sites is 1. The van der Waals surface area contributed by atoms with Gasteiger partial charge in [0.05, 0.1) is 5.69 Å². The second-order valence-corrected chi connectivity index (χ2v) is 6.64. The Morgan fingerprint density at radius 1 is 1.04 bits per heavy atom. The molecule has 1 aliphatic rings. The lowest BCUT2D eigenvalue weighted by molar-refractivity contribution is -0.136. The summed E-state index contributed by atoms with van der Waals surface area (Å²) in [4.78, 5) is 27.0. The summed E-state index contributed by atoms with van der Waals surface area (Å²) in [6.07, 6.45) is 0.678. The van der Waals surface area contributed by atoms with Crippen molar-refractivity contribution in [2.45, 2.75) is 20.3 Å². The van der Waals surface area contributed by atoms with E-state index in [0.29, 0.717) is 19.0 Å². The van der Waals surface area contributed by atoms with E-state index in [1.54, 1.807) is 12.1 Å². The molecule has 0 bridgehead atoms. The summed E-state index contributed by atoms with van der Waals surface area (Å²) in [5.41, 5.74) is -0.313. The molecule has 0 saturated carbocycles. The van der Waals surface area contributed by atoms with Crippen molar-refractivity contribution in [2.75, 3.05) is 16.8 Å². The van der Waals surface area contributed by atoms with E-state index >= 15 is 0 Å². The number of amides is 2. The molecule has 1 heterocycles. The summed E-state index contributed by atoms with van der Waals surface area (Å²) >= 11 is 0. The molecule has 1 aliphatic heterocycles. The topological polar surface area (TPSA) is 49.4 Å². The van der Waals surface area contributed by atoms with Crippen LogP contribution in [0, 0.1) is 22.9 Å². The molecular formula is C19H17F3N2O2. The molecule has 2 aromatic carbocycles. The maximum Gasteiger partial charge on any atom is 0.242 e. The SMILES string of the molecule is CC(C)(C(=O)Nc1ccc(F)c(F)c1F)C(=O)N1CCc2ccccc21. The fourth-order valence-electron chi connectivity index (χ4n) is 2.88. The van der Waals surface area contributed by atoms with E-state index in [0.717, 1.165) is 17.3 Å². The van der Waals surface area contributed by atoms with E-state index < -0.39 is 40.4 Å². The molecule has 0 saturated heterocycles. The molecule has 0 unspecified atom stereocenters. The van der Waals surface area contributed by atoms with Gasteiger partial charge in [-0.15, -0.1) is 0 Å². The van der Waals surface area contributed by atoms with Crippen LogP contribution in [0.4, 0.5) is 24.5 Å². The third-order valence-electron chi connectivity index (χ3n) is 4.52. The van der Waals surface area contributed by atoms with E-state index in [1.807, 2.05) is 12.1 Å². The van der Waals surface area contributed by atoms with Crippen LogP contribution in [-0.4, -0.2) is 18.4 Å². The van der Waals surface area contributed by atoms with Gasteiger partial charge >= 0.3 is 0 Å². The molecule has 1 N–H and O–H groups in total. The minimum absolute atomic E-state index is 0.439. The predicted molar refractivity (Wildman–Crippen MR) is 91.2 cm³/mol. The fraction of sp³-hybridized carbons (Fsp3) is 0.263. The molecule has 2 amide bonds. The number of nitrogens with one attached hydrogen (secondary N) is 1. The quantitative estimate of drug-likeness (QED) is 0.669. The lowest BCUT2D eigenvalue weighted by Gasteiger charge is -2.28. The van der Waals surface area contributed by atoms with Gasteiger partial charge in [-0.1, -0.05) is 18.2 Å². The third kappa shape index (κ3) is 2.94. The predicted octanol–water partition coefficient (Wildman–Crippen LogP) is 3.66. The van der Waals surface area contributed by atoms with Crippen LogP contribution < -0.4 is 10.2 Å². The van der Waals surface area contributed by atoms with Gasteiger partial charge in [-0.05, 0) is 44.0 Å². The highest BCUT2D eigenvalue weighted by atomic mass is 19.2. The Kier molecular flexibility index (Phi) is 4.48. The van der Waals surface area contributed by atoms with Crippen molar-refractivity contribution >= 4 is 23.2 Å². The van der Waals surface area contributed by atoms with Gasteiger partial charge < -0.3 is 10.2 Å². The molecule has 136 valence electrons. The van der Waals surface area contributed by atoms with Gasteiger partial charge in [0, 0.05) is 12.2 Å². The molecule has 0 aliphatic carbocycles. The van der Waals surface area contributed by atoms with Crippen LogP contribution >= 0.6 is 0 Å². The smallest absolute Gasteiger partial charge is 0.242 e. The monoisotopic (exact) mass is 362 g/mol. The lowest BCUT2D eigenvalue weighted by Crippen LogP contribution is -2.47. The summed E-state index contributed by atoms with van der Waals surface area (Å²) in [5.74, 6) is -5.81. The van der Waals surface area contributed by atoms with E-state index in [-0.39, 0.29) is 0 Å². The Morgan fingerprint density at radius 3 is 2.46 bits per heavy atom. The highest BCUT2D eigenvalue weighted by molar-refractivity contribution is 6.15. The number of carbonyl (C=O) groups excluding carboxylic acids is 2. The first-order valence-electron chi connectivity index (χ1n) is 8.08. The number of hydrogen-bond donors (Lipinski definition) is 1. The number of carbonyl (C=O) groups is 2. The molecule has 2 aromatic rings. The van der Waals surface area contributed by atoms with Crippen LogP contribution in [0.25, 0.3) is 0 Å². The third-order valence-corrected chi connectivity index (χ3v) is 4.52. The summed E-state index contributed by atoms with van der Waals surface area (Å²) in [6.45, 7) is 3.25. The van der Waals surface area contributed by atoms with E-state index in [9.17, 15) is 22.8 Å². The van der Waals surface area contributed by atoms with Crippen molar-refractivity contribution in [2.24, 2.45) is 5.41 Å². The largest absolute Gasteiger partial charge is 0.323 e. The molecule has 26 heavy (non-hydrogen) atoms. The Hall–Kier alpha value is -2.83. The van der Waals surface area contributed by atoms with Crippen LogP contribution in [0.15, 0.2) is 36.4 Å². The minimum atomic E-state index is -1.68. The molecule has 0 atom stereocenters. The number of nitrogens with zero attached hydrogens (tertiary/aromatic N) is 1. The average molecular weight is 362 g/mol. The minimum Gasteiger partial charge on any atom is -0.323 e. The van der Waals surface area contributed by atoms with Gasteiger partial charge in [0.25, 0.3) is 0 Å². The Morgan fingerprint density at radius 2 is 1.73 bits per heavy atom. The molecule has 4 nitrogen and oxygen atoms in total. The number of anilines is 2. The molecular weight excluding hydrogens is 345 g/mol. The molecule has 0 radical (unpaired) electrons. The first kappa shape index (κ1) is 18.0. The summed E-state index contributed by atoms with van der Waals surface area (Å²) in [5, 5.41) is 2.18. The molecule has 0 aromatic heterocycles. The summed E-state index contributed by atoms with van der Waals surface area (Å²) < 4.78 is 40.1. The van der Waals surface area contributed by atoms with Crippen molar-refractivity contribution in [1.82, 2.24) is 0 Å². The highest BCUT2D eigenvalue weighted by Crippen LogP contribution is 2.32. The number of rotatable bonds is 3. The van der Waals surface area contributed by atoms with Crippen LogP contribution in [0.3, 0.4) is 0 Å². The van der Waals surface area contributed by atoms with Crippen molar-refractivity contribution < 1.29 is 22.8 Å². The van der Waals surface area contributed by atoms with Crippen LogP contribution in [0.2, 0.25) is 0 Å². The van der Waals surface area contributed by atoms with Gasteiger partial charge in [-0.25, -0.2) is 13.2 Å². The van der Waals surface area contributed by atoms with E-state index in [4.69, 9.17) is 0 Å². The maximum atomic E-state index is 13.8. The first-order valence-corrected chi connectivity index (χ1v) is 8.08. The molecule has 3 rings (SSSR count). The number of hydrogen-bond acceptors (Lipinski definition) is 2. The fourth-order valence-corrected chi connectivity index (χ4v) is 2.88. The van der Waals surface area contributed by atoms with Gasteiger partial charge in [0.1, 0.15) is 5.41 Å². The Bertz CT molecular complexity index is 896. The summed E-state index contributed by atoms with van der Waals surface area (Å²) in [6, 6.07) is 9.00. The van der Waals surface area contributed by atoms with Crippen molar-refractivity contribution in [3.05, 3.63) is 59.4 Å². The van der Waals surface area contributed by atoms with Crippen molar-refractivity contribution in [3.63, 3.8) is 0 Å². The van der Waals surface area contributed by atoms with Gasteiger partial charge in [0.15, 0.2) is 17.5 Å². The number of benzene rings is 2. The van der Waals surface area contributed by atoms with E-state index in [1.165, 1.54) is 18.7 Å². The van der Waals surface area contributed by atoms with Crippen LogP contribution in [0.5, 0.6) is 0 Å². The van der Waals surface area contributed by atoms with Crippen molar-refractivity contribution in [1.29, 1.82) is 0 Å². The molecule has 0 fully saturated rings. The molecule has 7 heteroatoms. The molecule has 0 spiro atoms. The Labute approximate surface area is 148 Å². The first-order chi connectivity index (χ1) is 12.2. The zero-order valence-corrected chi connectivity index (χ0v) is 14.3.